The fourth-order valence-electron chi connectivity index (χ4n) is 4.93. The molecule has 2 fully saturated rings. The maximum absolute atomic E-state index is 13.8. The van der Waals surface area contributed by atoms with Gasteiger partial charge in [0.05, 0.1) is 5.54 Å². The first-order chi connectivity index (χ1) is 19.2. The zero-order chi connectivity index (χ0) is 31.5. The summed E-state index contributed by atoms with van der Waals surface area (Å²) in [6, 6.07) is -1.29. The average Bonchev–Trinajstić information content (AvgIpc) is 3.60. The van der Waals surface area contributed by atoms with E-state index in [9.17, 15) is 14.4 Å². The van der Waals surface area contributed by atoms with E-state index in [0.29, 0.717) is 19.5 Å². The van der Waals surface area contributed by atoms with Crippen LogP contribution in [0.1, 0.15) is 74.1 Å². The number of hydrogen-bond donors (Lipinski definition) is 2. The molecule has 0 spiro atoms. The third-order valence-corrected chi connectivity index (χ3v) is 8.63. The van der Waals surface area contributed by atoms with E-state index in [1.807, 2.05) is 78.1 Å². The van der Waals surface area contributed by atoms with E-state index >= 15 is 0 Å². The molecule has 0 bridgehead atoms. The molecular formula is C35H60N4O3SY-2. The van der Waals surface area contributed by atoms with E-state index in [1.165, 1.54) is 5.57 Å². The van der Waals surface area contributed by atoms with Crippen molar-refractivity contribution in [2.24, 2.45) is 5.41 Å². The number of rotatable bonds is 12. The number of hydrogen-bond acceptors (Lipinski definition) is 5. The molecule has 7 nitrogen and oxygen atoms in total. The molecular weight excluding hydrogens is 645 g/mol. The van der Waals surface area contributed by atoms with E-state index in [-0.39, 0.29) is 65.3 Å². The molecule has 2 atom stereocenters. The van der Waals surface area contributed by atoms with Crippen LogP contribution in [-0.2, 0) is 47.1 Å². The van der Waals surface area contributed by atoms with E-state index in [2.05, 4.69) is 37.6 Å². The zero-order valence-corrected chi connectivity index (χ0v) is 33.4. The summed E-state index contributed by atoms with van der Waals surface area (Å²) in [4.78, 5) is 44.9. The molecule has 0 aromatic rings. The molecule has 1 aliphatic carbocycles. The Hall–Kier alpha value is -1.48. The van der Waals surface area contributed by atoms with Crippen LogP contribution in [0.15, 0.2) is 59.1 Å². The first-order valence-electron chi connectivity index (χ1n) is 14.7. The Kier molecular flexibility index (Phi) is 22.8. The molecule has 1 saturated carbocycles. The normalized spacial score (nSPS) is 17.7. The maximum Gasteiger partial charge on any atom is 0.246 e. The minimum absolute atomic E-state index is 0. The first-order valence-corrected chi connectivity index (χ1v) is 15.9. The van der Waals surface area contributed by atoms with Gasteiger partial charge in [0, 0.05) is 50.7 Å². The van der Waals surface area contributed by atoms with Crippen LogP contribution in [-0.4, -0.2) is 78.6 Å². The molecule has 1 aliphatic heterocycles. The summed E-state index contributed by atoms with van der Waals surface area (Å²) >= 11 is 1.67. The Balaban J connectivity index is -0.00000329. The van der Waals surface area contributed by atoms with Crippen LogP contribution >= 0.6 is 11.8 Å². The van der Waals surface area contributed by atoms with Crippen LogP contribution in [0.3, 0.4) is 0 Å². The summed E-state index contributed by atoms with van der Waals surface area (Å²) in [7, 11) is 3.79. The van der Waals surface area contributed by atoms with Crippen LogP contribution in [0.2, 0.25) is 0 Å². The molecule has 0 aromatic carbocycles. The number of amides is 3. The second-order valence-electron chi connectivity index (χ2n) is 11.9. The molecule has 249 valence electrons. The van der Waals surface area contributed by atoms with Crippen molar-refractivity contribution < 1.29 is 47.1 Å². The monoisotopic (exact) mass is 705 g/mol. The summed E-state index contributed by atoms with van der Waals surface area (Å²) in [5, 5.41) is 6.04. The van der Waals surface area contributed by atoms with Crippen molar-refractivity contribution >= 4 is 29.5 Å². The molecule has 1 saturated heterocycles. The number of likely N-dealkylation sites (tertiary alicyclic amines) is 1. The Morgan fingerprint density at radius 3 is 2.05 bits per heavy atom. The van der Waals surface area contributed by atoms with Gasteiger partial charge in [-0.05, 0) is 76.4 Å². The first kappa shape index (κ1) is 46.9. The van der Waals surface area contributed by atoms with E-state index in [4.69, 9.17) is 0 Å². The van der Waals surface area contributed by atoms with Crippen LogP contribution in [0.4, 0.5) is 0 Å². The van der Waals surface area contributed by atoms with Crippen molar-refractivity contribution in [1.82, 2.24) is 20.4 Å². The topological polar surface area (TPSA) is 81.8 Å². The number of thioether (sulfide) groups is 1. The van der Waals surface area contributed by atoms with Gasteiger partial charge in [-0.2, -0.15) is 0 Å². The van der Waals surface area contributed by atoms with Crippen molar-refractivity contribution in [3.63, 3.8) is 0 Å². The van der Waals surface area contributed by atoms with Crippen LogP contribution in [0, 0.1) is 20.3 Å². The van der Waals surface area contributed by atoms with Crippen molar-refractivity contribution in [2.45, 2.75) is 91.8 Å². The van der Waals surface area contributed by atoms with Gasteiger partial charge in [-0.3, -0.25) is 19.3 Å². The van der Waals surface area contributed by atoms with Gasteiger partial charge in [0.1, 0.15) is 12.1 Å². The van der Waals surface area contributed by atoms with Gasteiger partial charge in [0.25, 0.3) is 0 Å². The van der Waals surface area contributed by atoms with Crippen LogP contribution < -0.4 is 10.6 Å². The Bertz CT molecular complexity index is 1060. The van der Waals surface area contributed by atoms with Crippen LogP contribution in [0.5, 0.6) is 0 Å². The molecule has 2 rings (SSSR count). The van der Waals surface area contributed by atoms with E-state index in [1.54, 1.807) is 22.7 Å². The molecule has 2 aliphatic rings. The molecule has 1 unspecified atom stereocenters. The van der Waals surface area contributed by atoms with E-state index < -0.39 is 23.0 Å². The number of carbonyl (C=O) groups excluding carboxylic acids is 3. The van der Waals surface area contributed by atoms with Crippen molar-refractivity contribution in [2.75, 3.05) is 33.4 Å². The summed E-state index contributed by atoms with van der Waals surface area (Å²) in [6.45, 7) is 22.6. The molecule has 44 heavy (non-hydrogen) atoms. The fraction of sp³-hybridized carbons (Fsp3) is 0.571. The van der Waals surface area contributed by atoms with Gasteiger partial charge >= 0.3 is 0 Å². The predicted octanol–water partition coefficient (Wildman–Crippen LogP) is 6.52. The zero-order valence-electron chi connectivity index (χ0n) is 29.7. The summed E-state index contributed by atoms with van der Waals surface area (Å²) in [6.07, 6.45) is 12.4. The van der Waals surface area contributed by atoms with Gasteiger partial charge in [-0.15, -0.1) is 11.8 Å². The molecule has 9 heteroatoms. The third-order valence-electron chi connectivity index (χ3n) is 7.58. The smallest absolute Gasteiger partial charge is 0.246 e. The predicted molar refractivity (Wildman–Crippen MR) is 187 cm³/mol. The fourth-order valence-corrected chi connectivity index (χ4v) is 5.72. The van der Waals surface area contributed by atoms with Gasteiger partial charge in [0.15, 0.2) is 0 Å². The largest absolute Gasteiger partial charge is 0.358 e. The van der Waals surface area contributed by atoms with Gasteiger partial charge < -0.3 is 30.4 Å². The molecule has 1 radical (unpaired) electrons. The van der Waals surface area contributed by atoms with Crippen molar-refractivity contribution in [3.8, 4) is 0 Å². The minimum Gasteiger partial charge on any atom is -0.358 e. The number of allylic oxidation sites excluding steroid dienone is 5. The Labute approximate surface area is 299 Å². The second-order valence-corrected chi connectivity index (χ2v) is 12.7. The van der Waals surface area contributed by atoms with Gasteiger partial charge in [-0.25, -0.2) is 0 Å². The average molecular weight is 706 g/mol. The summed E-state index contributed by atoms with van der Waals surface area (Å²) in [5.74, 6) is -0.514. The Morgan fingerprint density at radius 1 is 1.07 bits per heavy atom. The molecule has 1 heterocycles. The standard InChI is InChI=1S/C31H48N4O3S.C2H6.2CH3.Y/c1-11-22(15-16-23(12-2)25(39-10)21(3)4)20-32-27(36)24-14-13-19-35(24)28(37)26(30(5,6)7)33-29(38)31(17-18-31)34(8)9;1-2;;;/h11-12,15-16,24,26H,1-2,13-14,17-20H2,3-10H3,(H,32,36)(H,33,38);1-2H3;2*1H3;/q;;2*-1;/b22-15+,23-16+;;;;/t24?,26-;;;;/m1..../s1. The number of nitrogens with zero attached hydrogens (tertiary/aromatic N) is 2. The maximum atomic E-state index is 13.8. The number of nitrogens with one attached hydrogen (secondary N) is 2. The summed E-state index contributed by atoms with van der Waals surface area (Å²) in [5.41, 5.74) is 2.03. The quantitative estimate of drug-likeness (QED) is 0.179. The second kappa shape index (κ2) is 21.3. The number of likely N-dealkylation sites (N-methyl/N-ethyl adjacent to an activating group) is 1. The summed E-state index contributed by atoms with van der Waals surface area (Å²) < 4.78 is 0. The Morgan fingerprint density at radius 2 is 1.64 bits per heavy atom. The molecule has 3 amide bonds. The third kappa shape index (κ3) is 12.4. The van der Waals surface area contributed by atoms with Gasteiger partial charge in [-0.1, -0.05) is 77.7 Å². The van der Waals surface area contributed by atoms with Gasteiger partial charge in [0.2, 0.25) is 17.7 Å². The van der Waals surface area contributed by atoms with E-state index in [0.717, 1.165) is 35.3 Å². The molecule has 2 N–H and O–H groups in total. The minimum atomic E-state index is -0.720. The SMILES string of the molecule is C=C/C(=C\C=C(/C=C)C(SC)=C(C)C)CNC(=O)C1CCCN1C(=O)[C@@H](NC(=O)C1(N(C)C)CC1)C(C)(C)C.CC.[CH3-].[CH3-].[Y]. The number of carbonyl (C=O) groups is 3. The van der Waals surface area contributed by atoms with Crippen molar-refractivity contribution in [3.05, 3.63) is 73.9 Å². The van der Waals surface area contributed by atoms with Crippen LogP contribution in [0.25, 0.3) is 0 Å². The van der Waals surface area contributed by atoms with Crippen molar-refractivity contribution in [1.29, 1.82) is 0 Å². The molecule has 0 aromatic heterocycles.